The molecule has 0 spiro atoms. The van der Waals surface area contributed by atoms with Crippen LogP contribution in [0.25, 0.3) is 0 Å². The average Bonchev–Trinajstić information content (AvgIpc) is 2.86. The topological polar surface area (TPSA) is 82.3 Å². The zero-order chi connectivity index (χ0) is 14.8. The first kappa shape index (κ1) is 15.1. The molecule has 0 bridgehead atoms. The lowest BCUT2D eigenvalue weighted by Crippen LogP contribution is -2.38. The van der Waals surface area contributed by atoms with Crippen LogP contribution in [0, 0.1) is 0 Å². The number of rotatable bonds is 4. The van der Waals surface area contributed by atoms with E-state index < -0.39 is 11.5 Å². The molecule has 0 aromatic carbocycles. The number of hydrogen-bond acceptors (Lipinski definition) is 6. The molecular formula is C14H20N2O3S. The van der Waals surface area contributed by atoms with Gasteiger partial charge >= 0.3 is 5.97 Å². The van der Waals surface area contributed by atoms with Crippen molar-refractivity contribution in [2.24, 2.45) is 5.73 Å². The van der Waals surface area contributed by atoms with Crippen LogP contribution < -0.4 is 5.73 Å². The molecule has 0 atom stereocenters. The number of Topliss-reactive ketones (excluding diaryl/α,β-unsaturated/α-hetero) is 1. The quantitative estimate of drug-likeness (QED) is 0.682. The van der Waals surface area contributed by atoms with Crippen LogP contribution in [0.5, 0.6) is 0 Å². The van der Waals surface area contributed by atoms with Crippen molar-refractivity contribution >= 4 is 23.1 Å². The lowest BCUT2D eigenvalue weighted by atomic mass is 9.83. The number of carbonyl (C=O) groups is 2. The Balaban J connectivity index is 2.38. The largest absolute Gasteiger partial charge is 0.461 e. The smallest absolute Gasteiger partial charge is 0.358 e. The Morgan fingerprint density at radius 2 is 2.00 bits per heavy atom. The van der Waals surface area contributed by atoms with Gasteiger partial charge in [-0.1, -0.05) is 19.3 Å². The monoisotopic (exact) mass is 296 g/mol. The fraction of sp³-hybridized carbons (Fsp3) is 0.643. The van der Waals surface area contributed by atoms with E-state index in [1.165, 1.54) is 24.7 Å². The molecule has 1 aromatic rings. The number of thiazole rings is 1. The molecule has 1 aliphatic carbocycles. The van der Waals surface area contributed by atoms with Crippen LogP contribution >= 0.6 is 11.3 Å². The van der Waals surface area contributed by atoms with Gasteiger partial charge in [0.15, 0.2) is 11.5 Å². The van der Waals surface area contributed by atoms with Crippen molar-refractivity contribution in [1.82, 2.24) is 4.98 Å². The number of nitrogens with zero attached hydrogens (tertiary/aromatic N) is 1. The number of aromatic nitrogens is 1. The van der Waals surface area contributed by atoms with Gasteiger partial charge in [0.1, 0.15) is 9.88 Å². The summed E-state index contributed by atoms with van der Waals surface area (Å²) in [5, 5.41) is 0.686. The minimum absolute atomic E-state index is 0.120. The molecule has 2 N–H and O–H groups in total. The molecule has 1 aliphatic rings. The third-order valence-electron chi connectivity index (χ3n) is 3.59. The number of nitrogens with two attached hydrogens (primary N) is 1. The maximum Gasteiger partial charge on any atom is 0.358 e. The second-order valence-corrected chi connectivity index (χ2v) is 6.19. The number of ketones is 1. The maximum absolute atomic E-state index is 11.9. The fourth-order valence-electron chi connectivity index (χ4n) is 2.51. The van der Waals surface area contributed by atoms with E-state index in [1.54, 1.807) is 6.92 Å². The van der Waals surface area contributed by atoms with E-state index >= 15 is 0 Å². The summed E-state index contributed by atoms with van der Waals surface area (Å²) in [6, 6.07) is 0. The summed E-state index contributed by atoms with van der Waals surface area (Å²) < 4.78 is 4.96. The standard InChI is InChI=1S/C14H20N2O3S/c1-3-19-12(18)10-11(9(2)17)20-13(16-10)14(15)7-5-4-6-8-14/h3-8,15H2,1-2H3. The van der Waals surface area contributed by atoms with Crippen LogP contribution in [0.2, 0.25) is 0 Å². The SMILES string of the molecule is CCOC(=O)c1nc(C2(N)CCCCC2)sc1C(C)=O. The van der Waals surface area contributed by atoms with Crippen molar-refractivity contribution in [3.05, 3.63) is 15.6 Å². The van der Waals surface area contributed by atoms with Crippen LogP contribution in [0.4, 0.5) is 0 Å². The molecule has 0 unspecified atom stereocenters. The third kappa shape index (κ3) is 2.91. The van der Waals surface area contributed by atoms with E-state index in [1.807, 2.05) is 0 Å². The van der Waals surface area contributed by atoms with Gasteiger partial charge in [0.05, 0.1) is 12.1 Å². The van der Waals surface area contributed by atoms with Crippen molar-refractivity contribution in [2.45, 2.75) is 51.5 Å². The van der Waals surface area contributed by atoms with Gasteiger partial charge in [0.25, 0.3) is 0 Å². The van der Waals surface area contributed by atoms with Gasteiger partial charge in [-0.3, -0.25) is 4.79 Å². The van der Waals surface area contributed by atoms with Crippen molar-refractivity contribution in [3.63, 3.8) is 0 Å². The zero-order valence-corrected chi connectivity index (χ0v) is 12.7. The van der Waals surface area contributed by atoms with E-state index in [4.69, 9.17) is 10.5 Å². The zero-order valence-electron chi connectivity index (χ0n) is 11.9. The summed E-state index contributed by atoms with van der Waals surface area (Å²) in [6.45, 7) is 3.42. The highest BCUT2D eigenvalue weighted by Gasteiger charge is 2.35. The van der Waals surface area contributed by atoms with E-state index in [0.717, 1.165) is 25.7 Å². The molecule has 5 nitrogen and oxygen atoms in total. The second kappa shape index (κ2) is 6.01. The normalized spacial score (nSPS) is 17.8. The lowest BCUT2D eigenvalue weighted by Gasteiger charge is -2.31. The summed E-state index contributed by atoms with van der Waals surface area (Å²) in [4.78, 5) is 28.3. The van der Waals surface area contributed by atoms with Crippen molar-refractivity contribution < 1.29 is 14.3 Å². The first-order valence-corrected chi connectivity index (χ1v) is 7.78. The van der Waals surface area contributed by atoms with Crippen molar-refractivity contribution in [3.8, 4) is 0 Å². The second-order valence-electron chi connectivity index (χ2n) is 5.19. The highest BCUT2D eigenvalue weighted by atomic mass is 32.1. The van der Waals surface area contributed by atoms with Gasteiger partial charge in [-0.25, -0.2) is 9.78 Å². The first-order chi connectivity index (χ1) is 9.48. The lowest BCUT2D eigenvalue weighted by molar-refractivity contribution is 0.0517. The third-order valence-corrected chi connectivity index (χ3v) is 4.96. The van der Waals surface area contributed by atoms with Crippen LogP contribution in [0.3, 0.4) is 0 Å². The summed E-state index contributed by atoms with van der Waals surface area (Å²) >= 11 is 1.24. The Morgan fingerprint density at radius 3 is 2.55 bits per heavy atom. The van der Waals surface area contributed by atoms with E-state index in [0.29, 0.717) is 9.88 Å². The molecule has 0 saturated heterocycles. The molecule has 0 aliphatic heterocycles. The summed E-state index contributed by atoms with van der Waals surface area (Å²) in [7, 11) is 0. The highest BCUT2D eigenvalue weighted by Crippen LogP contribution is 2.38. The van der Waals surface area contributed by atoms with Crippen molar-refractivity contribution in [2.75, 3.05) is 6.61 Å². The first-order valence-electron chi connectivity index (χ1n) is 6.96. The van der Waals surface area contributed by atoms with E-state index in [9.17, 15) is 9.59 Å². The maximum atomic E-state index is 11.9. The molecule has 1 heterocycles. The number of hydrogen-bond donors (Lipinski definition) is 1. The predicted octanol–water partition coefficient (Wildman–Crippen LogP) is 2.64. The Kier molecular flexibility index (Phi) is 4.55. The molecule has 1 fully saturated rings. The Labute approximate surface area is 122 Å². The van der Waals surface area contributed by atoms with Crippen LogP contribution in [0.15, 0.2) is 0 Å². The van der Waals surface area contributed by atoms with Gasteiger partial charge in [-0.2, -0.15) is 0 Å². The molecule has 20 heavy (non-hydrogen) atoms. The minimum Gasteiger partial charge on any atom is -0.461 e. The minimum atomic E-state index is -0.542. The Bertz CT molecular complexity index is 518. The Morgan fingerprint density at radius 1 is 1.35 bits per heavy atom. The van der Waals surface area contributed by atoms with Gasteiger partial charge in [-0.15, -0.1) is 11.3 Å². The molecule has 0 radical (unpaired) electrons. The van der Waals surface area contributed by atoms with E-state index in [2.05, 4.69) is 4.98 Å². The molecule has 1 saturated carbocycles. The molecule has 0 amide bonds. The Hall–Kier alpha value is -1.27. The van der Waals surface area contributed by atoms with Crippen molar-refractivity contribution in [1.29, 1.82) is 0 Å². The number of esters is 1. The van der Waals surface area contributed by atoms with Crippen LogP contribution in [-0.4, -0.2) is 23.3 Å². The predicted molar refractivity (Wildman–Crippen MR) is 77.0 cm³/mol. The summed E-state index contributed by atoms with van der Waals surface area (Å²) in [5.41, 5.74) is 6.04. The van der Waals surface area contributed by atoms with Gasteiger partial charge in [0, 0.05) is 6.92 Å². The molecular weight excluding hydrogens is 276 g/mol. The molecule has 6 heteroatoms. The van der Waals surface area contributed by atoms with E-state index in [-0.39, 0.29) is 18.1 Å². The highest BCUT2D eigenvalue weighted by molar-refractivity contribution is 7.14. The number of carbonyl (C=O) groups excluding carboxylic acids is 2. The summed E-state index contributed by atoms with van der Waals surface area (Å²) in [5.74, 6) is -0.712. The van der Waals surface area contributed by atoms with Crippen LogP contribution in [0.1, 0.15) is 71.1 Å². The average molecular weight is 296 g/mol. The number of ether oxygens (including phenoxy) is 1. The fourth-order valence-corrected chi connectivity index (χ4v) is 3.61. The summed E-state index contributed by atoms with van der Waals surface area (Å²) in [6.07, 6.45) is 4.98. The molecule has 1 aromatic heterocycles. The van der Waals surface area contributed by atoms with Gasteiger partial charge < -0.3 is 10.5 Å². The van der Waals surface area contributed by atoms with Gasteiger partial charge in [-0.05, 0) is 19.8 Å². The van der Waals surface area contributed by atoms with Crippen LogP contribution in [-0.2, 0) is 10.3 Å². The molecule has 110 valence electrons. The van der Waals surface area contributed by atoms with Gasteiger partial charge in [0.2, 0.25) is 0 Å². The molecule has 2 rings (SSSR count).